The van der Waals surface area contributed by atoms with Gasteiger partial charge in [-0.2, -0.15) is 0 Å². The van der Waals surface area contributed by atoms with Crippen LogP contribution in [0.4, 0.5) is 0 Å². The van der Waals surface area contributed by atoms with Crippen molar-refractivity contribution in [2.45, 2.75) is 63.2 Å². The first-order valence-electron chi connectivity index (χ1n) is 8.12. The van der Waals surface area contributed by atoms with Crippen LogP contribution in [0.25, 0.3) is 0 Å². The van der Waals surface area contributed by atoms with E-state index < -0.39 is 11.4 Å². The second-order valence-electron chi connectivity index (χ2n) is 6.43. The largest absolute Gasteiger partial charge is 0.496 e. The van der Waals surface area contributed by atoms with Gasteiger partial charge < -0.3 is 9.84 Å². The third-order valence-corrected chi connectivity index (χ3v) is 5.34. The highest BCUT2D eigenvalue weighted by Crippen LogP contribution is 2.45. The molecule has 0 bridgehead atoms. The number of ether oxygens (including phenoxy) is 1. The number of carboxylic acids is 1. The van der Waals surface area contributed by atoms with Crippen molar-refractivity contribution in [2.75, 3.05) is 7.11 Å². The lowest BCUT2D eigenvalue weighted by Gasteiger charge is -2.37. The van der Waals surface area contributed by atoms with Crippen molar-refractivity contribution in [3.63, 3.8) is 0 Å². The Kier molecular flexibility index (Phi) is 3.92. The fourth-order valence-electron chi connectivity index (χ4n) is 4.23. The zero-order valence-corrected chi connectivity index (χ0v) is 12.8. The van der Waals surface area contributed by atoms with Crippen molar-refractivity contribution in [3.8, 4) is 5.75 Å². The Morgan fingerprint density at radius 3 is 2.33 bits per heavy atom. The van der Waals surface area contributed by atoms with Gasteiger partial charge in [0.2, 0.25) is 0 Å². The smallest absolute Gasteiger partial charge is 0.314 e. The average molecular weight is 288 g/mol. The monoisotopic (exact) mass is 288 g/mol. The highest BCUT2D eigenvalue weighted by Gasteiger charge is 2.43. The molecule has 3 heteroatoms. The summed E-state index contributed by atoms with van der Waals surface area (Å²) < 4.78 is 5.50. The zero-order chi connectivity index (χ0) is 14.9. The molecular weight excluding hydrogens is 264 g/mol. The molecule has 1 fully saturated rings. The Balaban J connectivity index is 2.14. The number of hydrogen-bond acceptors (Lipinski definition) is 2. The standard InChI is InChI=1S/C18H24O3/c1-21-16-10-9-15(13-7-3-4-8-14(13)16)18(17(19)20)11-5-2-6-12-18/h9-10H,2-8,11-12H2,1H3,(H,19,20). The summed E-state index contributed by atoms with van der Waals surface area (Å²) in [6.07, 6.45) is 9.10. The van der Waals surface area contributed by atoms with Gasteiger partial charge in [-0.1, -0.05) is 25.3 Å². The molecule has 114 valence electrons. The van der Waals surface area contributed by atoms with Crippen LogP contribution in [0.3, 0.4) is 0 Å². The molecule has 0 radical (unpaired) electrons. The third kappa shape index (κ3) is 2.33. The van der Waals surface area contributed by atoms with Crippen LogP contribution in [-0.4, -0.2) is 18.2 Å². The molecule has 0 spiro atoms. The van der Waals surface area contributed by atoms with Crippen LogP contribution in [0.1, 0.15) is 61.6 Å². The van der Waals surface area contributed by atoms with Crippen molar-refractivity contribution >= 4 is 5.97 Å². The highest BCUT2D eigenvalue weighted by molar-refractivity contribution is 5.82. The quantitative estimate of drug-likeness (QED) is 0.918. The molecule has 0 unspecified atom stereocenters. The summed E-state index contributed by atoms with van der Waals surface area (Å²) >= 11 is 0. The first-order valence-corrected chi connectivity index (χ1v) is 8.12. The van der Waals surface area contributed by atoms with E-state index in [1.54, 1.807) is 7.11 Å². The molecule has 1 aromatic carbocycles. The van der Waals surface area contributed by atoms with E-state index in [1.165, 1.54) is 17.5 Å². The Labute approximate surface area is 126 Å². The predicted molar refractivity (Wildman–Crippen MR) is 82.0 cm³/mol. The molecule has 0 amide bonds. The molecule has 0 atom stereocenters. The molecule has 3 rings (SSSR count). The SMILES string of the molecule is COc1ccc(C2(C(=O)O)CCCCC2)c2c1CCCC2. The van der Waals surface area contributed by atoms with Crippen LogP contribution < -0.4 is 4.74 Å². The zero-order valence-electron chi connectivity index (χ0n) is 12.8. The molecular formula is C18H24O3. The molecule has 0 heterocycles. The summed E-state index contributed by atoms with van der Waals surface area (Å²) in [6, 6.07) is 4.02. The van der Waals surface area contributed by atoms with Crippen molar-refractivity contribution < 1.29 is 14.6 Å². The number of fused-ring (bicyclic) bond motifs is 1. The number of rotatable bonds is 3. The molecule has 0 aromatic heterocycles. The summed E-state index contributed by atoms with van der Waals surface area (Å²) in [5.74, 6) is 0.296. The molecule has 0 saturated heterocycles. The van der Waals surface area contributed by atoms with E-state index in [0.717, 1.165) is 62.7 Å². The first kappa shape index (κ1) is 14.4. The minimum Gasteiger partial charge on any atom is -0.496 e. The fourth-order valence-corrected chi connectivity index (χ4v) is 4.23. The number of aliphatic carboxylic acids is 1. The van der Waals surface area contributed by atoms with Gasteiger partial charge in [0.25, 0.3) is 0 Å². The van der Waals surface area contributed by atoms with Gasteiger partial charge in [-0.05, 0) is 61.3 Å². The molecule has 1 N–H and O–H groups in total. The summed E-state index contributed by atoms with van der Waals surface area (Å²) in [5.41, 5.74) is 2.94. The van der Waals surface area contributed by atoms with E-state index >= 15 is 0 Å². The van der Waals surface area contributed by atoms with Crippen LogP contribution in [0.2, 0.25) is 0 Å². The van der Waals surface area contributed by atoms with Crippen molar-refractivity contribution in [2.24, 2.45) is 0 Å². The summed E-state index contributed by atoms with van der Waals surface area (Å²) in [4.78, 5) is 12.1. The van der Waals surface area contributed by atoms with E-state index in [4.69, 9.17) is 4.74 Å². The van der Waals surface area contributed by atoms with Gasteiger partial charge in [0, 0.05) is 0 Å². The maximum absolute atomic E-state index is 12.1. The summed E-state index contributed by atoms with van der Waals surface area (Å²) in [7, 11) is 1.71. The molecule has 2 aliphatic rings. The van der Waals surface area contributed by atoms with Crippen LogP contribution in [-0.2, 0) is 23.1 Å². The molecule has 1 aromatic rings. The Hall–Kier alpha value is -1.51. The first-order chi connectivity index (χ1) is 10.2. The molecule has 0 aliphatic heterocycles. The van der Waals surface area contributed by atoms with Gasteiger partial charge in [0.1, 0.15) is 5.75 Å². The van der Waals surface area contributed by atoms with Crippen LogP contribution in [0.15, 0.2) is 12.1 Å². The van der Waals surface area contributed by atoms with E-state index in [0.29, 0.717) is 0 Å². The highest BCUT2D eigenvalue weighted by atomic mass is 16.5. The van der Waals surface area contributed by atoms with Gasteiger partial charge in [-0.25, -0.2) is 0 Å². The second kappa shape index (κ2) is 5.70. The third-order valence-electron chi connectivity index (χ3n) is 5.34. The predicted octanol–water partition coefficient (Wildman–Crippen LogP) is 3.86. The van der Waals surface area contributed by atoms with E-state index in [1.807, 2.05) is 12.1 Å². The number of carbonyl (C=O) groups is 1. The lowest BCUT2D eigenvalue weighted by atomic mass is 9.66. The molecule has 1 saturated carbocycles. The average Bonchev–Trinajstić information content (AvgIpc) is 2.54. The van der Waals surface area contributed by atoms with Gasteiger partial charge in [-0.15, -0.1) is 0 Å². The van der Waals surface area contributed by atoms with Crippen LogP contribution >= 0.6 is 0 Å². The minimum atomic E-state index is -0.661. The maximum Gasteiger partial charge on any atom is 0.314 e. The van der Waals surface area contributed by atoms with Crippen molar-refractivity contribution in [3.05, 3.63) is 28.8 Å². The number of methoxy groups -OCH3 is 1. The number of hydrogen-bond donors (Lipinski definition) is 1. The number of benzene rings is 1. The van der Waals surface area contributed by atoms with E-state index in [-0.39, 0.29) is 0 Å². The lowest BCUT2D eigenvalue weighted by molar-refractivity contribution is -0.145. The fraction of sp³-hybridized carbons (Fsp3) is 0.611. The minimum absolute atomic E-state index is 0.639. The van der Waals surface area contributed by atoms with Gasteiger partial charge >= 0.3 is 5.97 Å². The topological polar surface area (TPSA) is 46.5 Å². The Morgan fingerprint density at radius 2 is 1.71 bits per heavy atom. The van der Waals surface area contributed by atoms with Crippen LogP contribution in [0, 0.1) is 0 Å². The number of carboxylic acid groups (broad SMARTS) is 1. The summed E-state index contributed by atoms with van der Waals surface area (Å²) in [6.45, 7) is 0. The maximum atomic E-state index is 12.1. The molecule has 2 aliphatic carbocycles. The van der Waals surface area contributed by atoms with E-state index in [9.17, 15) is 9.90 Å². The van der Waals surface area contributed by atoms with Gasteiger partial charge in [0.05, 0.1) is 12.5 Å². The Bertz CT molecular complexity index is 542. The Morgan fingerprint density at radius 1 is 1.05 bits per heavy atom. The lowest BCUT2D eigenvalue weighted by Crippen LogP contribution is -2.39. The normalized spacial score (nSPS) is 20.6. The van der Waals surface area contributed by atoms with Crippen LogP contribution in [0.5, 0.6) is 5.75 Å². The molecule has 3 nitrogen and oxygen atoms in total. The second-order valence-corrected chi connectivity index (χ2v) is 6.43. The van der Waals surface area contributed by atoms with Crippen molar-refractivity contribution in [1.82, 2.24) is 0 Å². The van der Waals surface area contributed by atoms with Gasteiger partial charge in [-0.3, -0.25) is 4.79 Å². The van der Waals surface area contributed by atoms with E-state index in [2.05, 4.69) is 0 Å². The molecule has 21 heavy (non-hydrogen) atoms. The van der Waals surface area contributed by atoms with Gasteiger partial charge in [0.15, 0.2) is 0 Å². The van der Waals surface area contributed by atoms with Crippen molar-refractivity contribution in [1.29, 1.82) is 0 Å². The summed E-state index contributed by atoms with van der Waals surface area (Å²) in [5, 5.41) is 9.94.